The van der Waals surface area contributed by atoms with Gasteiger partial charge in [-0.25, -0.2) is 19.6 Å². The Hall–Kier alpha value is -3.25. The SMILES string of the molecule is O=C(O)c1ccccc1-c1cc(CCl)nc(-c2ccccc2C(=O)O)n1. The lowest BCUT2D eigenvalue weighted by atomic mass is 10.0. The Morgan fingerprint density at radius 1 is 0.846 bits per heavy atom. The van der Waals surface area contributed by atoms with Crippen molar-refractivity contribution in [1.29, 1.82) is 0 Å². The molecular formula is C19H13ClN2O4. The number of carboxylic acids is 2. The van der Waals surface area contributed by atoms with Gasteiger partial charge in [-0.2, -0.15) is 0 Å². The van der Waals surface area contributed by atoms with Gasteiger partial charge in [0.1, 0.15) is 0 Å². The molecule has 1 aromatic heterocycles. The van der Waals surface area contributed by atoms with Crippen molar-refractivity contribution >= 4 is 23.5 Å². The highest BCUT2D eigenvalue weighted by Crippen LogP contribution is 2.27. The van der Waals surface area contributed by atoms with E-state index in [0.29, 0.717) is 22.5 Å². The minimum Gasteiger partial charge on any atom is -0.478 e. The summed E-state index contributed by atoms with van der Waals surface area (Å²) in [7, 11) is 0. The normalized spacial score (nSPS) is 10.5. The maximum atomic E-state index is 11.5. The van der Waals surface area contributed by atoms with Crippen molar-refractivity contribution in [3.05, 3.63) is 71.4 Å². The first-order chi connectivity index (χ1) is 12.5. The number of halogens is 1. The summed E-state index contributed by atoms with van der Waals surface area (Å²) in [6.45, 7) is 0. The molecule has 0 saturated carbocycles. The predicted octanol–water partition coefficient (Wildman–Crippen LogP) is 3.95. The Balaban J connectivity index is 2.25. The van der Waals surface area contributed by atoms with Crippen molar-refractivity contribution in [3.63, 3.8) is 0 Å². The van der Waals surface area contributed by atoms with Gasteiger partial charge in [0.2, 0.25) is 0 Å². The smallest absolute Gasteiger partial charge is 0.336 e. The number of hydrogen-bond donors (Lipinski definition) is 2. The molecule has 130 valence electrons. The van der Waals surface area contributed by atoms with Gasteiger partial charge >= 0.3 is 11.9 Å². The van der Waals surface area contributed by atoms with Gasteiger partial charge in [-0.05, 0) is 18.2 Å². The second-order valence-corrected chi connectivity index (χ2v) is 5.67. The molecule has 0 bridgehead atoms. The lowest BCUT2D eigenvalue weighted by molar-refractivity contribution is 0.0687. The molecule has 0 aliphatic rings. The predicted molar refractivity (Wildman–Crippen MR) is 96.4 cm³/mol. The third-order valence-corrected chi connectivity index (χ3v) is 4.02. The molecule has 0 unspecified atom stereocenters. The van der Waals surface area contributed by atoms with Gasteiger partial charge in [-0.15, -0.1) is 11.6 Å². The van der Waals surface area contributed by atoms with Crippen molar-refractivity contribution in [3.8, 4) is 22.6 Å². The van der Waals surface area contributed by atoms with E-state index in [1.165, 1.54) is 12.1 Å². The molecule has 0 atom stereocenters. The number of carbonyl (C=O) groups is 2. The van der Waals surface area contributed by atoms with Crippen molar-refractivity contribution in [2.75, 3.05) is 0 Å². The second-order valence-electron chi connectivity index (χ2n) is 5.40. The van der Waals surface area contributed by atoms with Gasteiger partial charge in [-0.1, -0.05) is 36.4 Å². The van der Waals surface area contributed by atoms with Crippen LogP contribution in [0.25, 0.3) is 22.6 Å². The Labute approximate surface area is 153 Å². The average Bonchev–Trinajstić information content (AvgIpc) is 2.67. The van der Waals surface area contributed by atoms with E-state index in [-0.39, 0.29) is 22.8 Å². The summed E-state index contributed by atoms with van der Waals surface area (Å²) in [5.74, 6) is -1.93. The number of alkyl halides is 1. The minimum atomic E-state index is -1.10. The monoisotopic (exact) mass is 368 g/mol. The van der Waals surface area contributed by atoms with Crippen LogP contribution in [-0.2, 0) is 5.88 Å². The first-order valence-electron chi connectivity index (χ1n) is 7.60. The first-order valence-corrected chi connectivity index (χ1v) is 8.14. The third kappa shape index (κ3) is 3.41. The number of nitrogens with zero attached hydrogens (tertiary/aromatic N) is 2. The highest BCUT2D eigenvalue weighted by molar-refractivity contribution is 6.17. The summed E-state index contributed by atoms with van der Waals surface area (Å²) in [4.78, 5) is 31.7. The van der Waals surface area contributed by atoms with Crippen LogP contribution >= 0.6 is 11.6 Å². The minimum absolute atomic E-state index is 0.0525. The van der Waals surface area contributed by atoms with Crippen molar-refractivity contribution in [2.24, 2.45) is 0 Å². The zero-order valence-electron chi connectivity index (χ0n) is 13.4. The van der Waals surface area contributed by atoms with Crippen LogP contribution in [0.1, 0.15) is 26.4 Å². The van der Waals surface area contributed by atoms with Crippen LogP contribution in [0.4, 0.5) is 0 Å². The summed E-state index contributed by atoms with van der Waals surface area (Å²) in [5.41, 5.74) is 1.71. The van der Waals surface area contributed by atoms with Crippen LogP contribution in [0.3, 0.4) is 0 Å². The first kappa shape index (κ1) is 17.6. The Kier molecular flexibility index (Phi) is 4.95. The number of benzene rings is 2. The molecule has 0 amide bonds. The van der Waals surface area contributed by atoms with Crippen LogP contribution in [0.2, 0.25) is 0 Å². The van der Waals surface area contributed by atoms with Gasteiger partial charge in [-0.3, -0.25) is 0 Å². The maximum Gasteiger partial charge on any atom is 0.336 e. The van der Waals surface area contributed by atoms with E-state index in [9.17, 15) is 19.8 Å². The van der Waals surface area contributed by atoms with Gasteiger partial charge in [0.05, 0.1) is 28.4 Å². The highest BCUT2D eigenvalue weighted by Gasteiger charge is 2.18. The van der Waals surface area contributed by atoms with Crippen molar-refractivity contribution in [1.82, 2.24) is 9.97 Å². The molecule has 26 heavy (non-hydrogen) atoms. The zero-order valence-corrected chi connectivity index (χ0v) is 14.1. The molecule has 0 aliphatic heterocycles. The Morgan fingerprint density at radius 2 is 1.38 bits per heavy atom. The summed E-state index contributed by atoms with van der Waals surface area (Å²) in [6.07, 6.45) is 0. The van der Waals surface area contributed by atoms with E-state index in [4.69, 9.17) is 11.6 Å². The van der Waals surface area contributed by atoms with Crippen LogP contribution in [0.15, 0.2) is 54.6 Å². The van der Waals surface area contributed by atoms with Gasteiger partial charge in [0.15, 0.2) is 5.82 Å². The fourth-order valence-electron chi connectivity index (χ4n) is 2.58. The molecular weight excluding hydrogens is 356 g/mol. The second kappa shape index (κ2) is 7.33. The third-order valence-electron chi connectivity index (χ3n) is 3.75. The number of rotatable bonds is 5. The summed E-state index contributed by atoms with van der Waals surface area (Å²) >= 11 is 5.93. The maximum absolute atomic E-state index is 11.5. The molecule has 3 aromatic rings. The van der Waals surface area contributed by atoms with Crippen molar-refractivity contribution in [2.45, 2.75) is 5.88 Å². The molecule has 0 radical (unpaired) electrons. The van der Waals surface area contributed by atoms with E-state index >= 15 is 0 Å². The van der Waals surface area contributed by atoms with Gasteiger partial charge in [0.25, 0.3) is 0 Å². The molecule has 2 aromatic carbocycles. The summed E-state index contributed by atoms with van der Waals surface area (Å²) in [5, 5.41) is 18.8. The summed E-state index contributed by atoms with van der Waals surface area (Å²) in [6, 6.07) is 14.4. The molecule has 2 N–H and O–H groups in total. The Bertz CT molecular complexity index is 929. The Morgan fingerprint density at radius 3 is 1.96 bits per heavy atom. The standard InChI is InChI=1S/C19H13ClN2O4/c20-10-11-9-16(12-5-1-3-7-14(12)18(23)24)22-17(21-11)13-6-2-4-8-15(13)19(25)26/h1-9H,10H2,(H,23,24)(H,25,26). The molecule has 0 saturated heterocycles. The molecule has 3 rings (SSSR count). The van der Waals surface area contributed by atoms with Crippen molar-refractivity contribution < 1.29 is 19.8 Å². The summed E-state index contributed by atoms with van der Waals surface area (Å²) < 4.78 is 0. The van der Waals surface area contributed by atoms with E-state index < -0.39 is 11.9 Å². The van der Waals surface area contributed by atoms with E-state index in [2.05, 4.69) is 9.97 Å². The van der Waals surface area contributed by atoms with Gasteiger partial charge in [0, 0.05) is 11.1 Å². The fraction of sp³-hybridized carbons (Fsp3) is 0.0526. The fourth-order valence-corrected chi connectivity index (χ4v) is 2.72. The highest BCUT2D eigenvalue weighted by atomic mass is 35.5. The van der Waals surface area contributed by atoms with E-state index in [0.717, 1.165) is 0 Å². The number of hydrogen-bond acceptors (Lipinski definition) is 4. The number of aromatic nitrogens is 2. The van der Waals surface area contributed by atoms with E-state index in [1.54, 1.807) is 42.5 Å². The molecule has 1 heterocycles. The van der Waals surface area contributed by atoms with E-state index in [1.807, 2.05) is 0 Å². The van der Waals surface area contributed by atoms with Crippen LogP contribution in [0.5, 0.6) is 0 Å². The quantitative estimate of drug-likeness (QED) is 0.661. The molecule has 0 spiro atoms. The largest absolute Gasteiger partial charge is 0.478 e. The average molecular weight is 369 g/mol. The van der Waals surface area contributed by atoms with Gasteiger partial charge < -0.3 is 10.2 Å². The van der Waals surface area contributed by atoms with Crippen LogP contribution in [0, 0.1) is 0 Å². The molecule has 0 fully saturated rings. The lowest BCUT2D eigenvalue weighted by Crippen LogP contribution is -2.05. The van der Waals surface area contributed by atoms with Crippen LogP contribution in [-0.4, -0.2) is 32.1 Å². The molecule has 7 heteroatoms. The topological polar surface area (TPSA) is 100 Å². The number of aromatic carboxylic acids is 2. The lowest BCUT2D eigenvalue weighted by Gasteiger charge is -2.11. The molecule has 0 aliphatic carbocycles. The molecule has 6 nitrogen and oxygen atoms in total. The number of carboxylic acid groups (broad SMARTS) is 2. The zero-order chi connectivity index (χ0) is 18.7. The van der Waals surface area contributed by atoms with Crippen LogP contribution < -0.4 is 0 Å².